The molecule has 0 atom stereocenters. The molecule has 0 aliphatic carbocycles. The average molecular weight is 1200 g/mol. The first-order valence-electron chi connectivity index (χ1n) is 23.1. The van der Waals surface area contributed by atoms with Crippen molar-refractivity contribution < 1.29 is 61.7 Å². The normalized spacial score (nSPS) is 16.2. The molecule has 0 aromatic carbocycles. The van der Waals surface area contributed by atoms with Crippen LogP contribution in [0.2, 0.25) is 223 Å². The molecule has 0 fully saturated rings. The van der Waals surface area contributed by atoms with Crippen molar-refractivity contribution >= 4 is 136 Å². The maximum Gasteiger partial charge on any atom is 0.467 e. The van der Waals surface area contributed by atoms with Crippen LogP contribution in [0.25, 0.3) is 0 Å². The van der Waals surface area contributed by atoms with Gasteiger partial charge < -0.3 is 61.7 Å². The molecule has 0 saturated heterocycles. The second-order valence-corrected chi connectivity index (χ2v) is 85.8. The maximum absolute atomic E-state index is 6.89. The van der Waals surface area contributed by atoms with E-state index in [9.17, 15) is 0 Å². The van der Waals surface area contributed by atoms with Gasteiger partial charge in [-0.3, -0.25) is 0 Å². The van der Waals surface area contributed by atoms with Crippen LogP contribution in [0.15, 0.2) is 0 Å². The Morgan fingerprint density at radius 3 is 0.354 bits per heavy atom. The summed E-state index contributed by atoms with van der Waals surface area (Å²) < 4.78 is 102. The Morgan fingerprint density at radius 1 is 0.123 bits per heavy atom. The number of hydrogen-bond acceptors (Lipinski definition) is 15. The molecule has 0 amide bonds. The first-order chi connectivity index (χ1) is 27.6. The van der Waals surface area contributed by atoms with Crippen LogP contribution in [-0.2, 0) is 61.7 Å². The molecule has 0 aliphatic rings. The summed E-state index contributed by atoms with van der Waals surface area (Å²) in [5, 5.41) is 0. The fourth-order valence-electron chi connectivity index (χ4n) is 9.12. The smallest absolute Gasteiger partial charge is 0.437 e. The van der Waals surface area contributed by atoms with Gasteiger partial charge in [-0.1, -0.05) is 0 Å². The molecule has 0 aromatic rings. The molecule has 0 rings (SSSR count). The van der Waals surface area contributed by atoms with E-state index in [1.54, 1.807) is 0 Å². The van der Waals surface area contributed by atoms with Crippen LogP contribution in [0.5, 0.6) is 0 Å². The fraction of sp³-hybridized carbons (Fsp3) is 1.00. The molecular formula is C34H102O15Si16. The Kier molecular flexibility index (Phi) is 23.4. The third kappa shape index (κ3) is 32.6. The average Bonchev–Trinajstić information content (AvgIpc) is 2.73. The maximum atomic E-state index is 6.89. The van der Waals surface area contributed by atoms with Gasteiger partial charge in [-0.15, -0.1) is 0 Å². The first-order valence-corrected chi connectivity index (χ1v) is 69.4. The minimum absolute atomic E-state index is 1.78. The number of rotatable bonds is 30. The predicted octanol–water partition coefficient (Wildman–Crippen LogP) is 12.7. The minimum atomic E-state index is -3.00. The SMILES string of the molecule is C[Si](C)(C)O[Si](C)(C)O[Si](C)(C)O[Si](C)(C)O[Si](C)(C)O[Si](C)(C)O[Si](C)(C)O[Si](C)(C)O[Si](C)(C)O[Si](C)(C)O[Si](C)(C)O[Si](C)(C)O[Si](C)(C)O[Si](C)(O[Si](C)(C)C)O[Si](C)(C)C. The molecule has 0 radical (unpaired) electrons. The highest BCUT2D eigenvalue weighted by Gasteiger charge is 2.54. The lowest BCUT2D eigenvalue weighted by Crippen LogP contribution is -2.63. The Hall–Kier alpha value is 2.87. The van der Waals surface area contributed by atoms with Crippen molar-refractivity contribution in [3.05, 3.63) is 0 Å². The highest BCUT2D eigenvalue weighted by atomic mass is 28.5. The topological polar surface area (TPSA) is 138 Å². The third-order valence-corrected chi connectivity index (χ3v) is 66.4. The van der Waals surface area contributed by atoms with Crippen molar-refractivity contribution in [2.45, 2.75) is 223 Å². The molecule has 0 bridgehead atoms. The largest absolute Gasteiger partial charge is 0.467 e. The predicted molar refractivity (Wildman–Crippen MR) is 308 cm³/mol. The van der Waals surface area contributed by atoms with E-state index in [0.717, 1.165) is 0 Å². The number of hydrogen-bond donors (Lipinski definition) is 0. The zero-order chi connectivity index (χ0) is 52.6. The monoisotopic (exact) mass is 1200 g/mol. The van der Waals surface area contributed by atoms with Gasteiger partial charge in [-0.25, -0.2) is 0 Å². The quantitative estimate of drug-likeness (QED) is 0.0630. The van der Waals surface area contributed by atoms with E-state index in [0.29, 0.717) is 0 Å². The molecule has 392 valence electrons. The molecular weight excluding hydrogens is 1100 g/mol. The van der Waals surface area contributed by atoms with Crippen molar-refractivity contribution in [3.63, 3.8) is 0 Å². The van der Waals surface area contributed by atoms with Gasteiger partial charge in [-0.2, -0.15) is 0 Å². The lowest BCUT2D eigenvalue weighted by molar-refractivity contribution is 0.222. The van der Waals surface area contributed by atoms with Gasteiger partial charge in [0.05, 0.1) is 0 Å². The Labute approximate surface area is 417 Å². The standard InChI is InChI=1S/C34H102O15Si16/c1-50(2,3)35-53(10,11)38-54(12,13)39-55(14,15)40-56(16,17)41-57(18,19)42-58(20,21)43-59(22,23)44-60(24,25)45-61(26,27)46-62(28,29)47-63(30,31)48-64(32,33)49-65(34,36-51(4,5)6)37-52(7,8)9/h1-34H3. The van der Waals surface area contributed by atoms with Crippen LogP contribution >= 0.6 is 0 Å². The lowest BCUT2D eigenvalue weighted by atomic mass is 11.8. The summed E-state index contributed by atoms with van der Waals surface area (Å²) in [5.41, 5.74) is 0. The van der Waals surface area contributed by atoms with Crippen LogP contribution in [0.1, 0.15) is 0 Å². The second-order valence-electron chi connectivity index (χ2n) is 25.5. The lowest BCUT2D eigenvalue weighted by Gasteiger charge is -2.45. The van der Waals surface area contributed by atoms with Gasteiger partial charge in [0.2, 0.25) is 0 Å². The Morgan fingerprint density at radius 2 is 0.231 bits per heavy atom. The van der Waals surface area contributed by atoms with E-state index in [1.807, 2.05) is 6.55 Å². The van der Waals surface area contributed by atoms with Crippen LogP contribution in [0.3, 0.4) is 0 Å². The van der Waals surface area contributed by atoms with E-state index in [4.69, 9.17) is 61.7 Å². The van der Waals surface area contributed by atoms with Crippen molar-refractivity contribution in [1.29, 1.82) is 0 Å². The van der Waals surface area contributed by atoms with Crippen LogP contribution in [-0.4, -0.2) is 136 Å². The highest BCUT2D eigenvalue weighted by Crippen LogP contribution is 2.33. The van der Waals surface area contributed by atoms with Gasteiger partial charge in [0.1, 0.15) is 0 Å². The minimum Gasteiger partial charge on any atom is -0.437 e. The van der Waals surface area contributed by atoms with E-state index in [2.05, 4.69) is 216 Å². The van der Waals surface area contributed by atoms with Crippen molar-refractivity contribution in [2.75, 3.05) is 0 Å². The van der Waals surface area contributed by atoms with E-state index >= 15 is 0 Å². The van der Waals surface area contributed by atoms with Crippen molar-refractivity contribution in [1.82, 2.24) is 0 Å². The molecule has 0 heterocycles. The molecule has 0 saturated carbocycles. The Bertz CT molecular complexity index is 1510. The zero-order valence-electron chi connectivity index (χ0n) is 48.1. The van der Waals surface area contributed by atoms with Gasteiger partial charge in [0, 0.05) is 6.55 Å². The summed E-state index contributed by atoms with van der Waals surface area (Å²) in [4.78, 5) is 0. The summed E-state index contributed by atoms with van der Waals surface area (Å²) in [6.07, 6.45) is 0. The molecule has 15 nitrogen and oxygen atoms in total. The van der Waals surface area contributed by atoms with Gasteiger partial charge in [0.15, 0.2) is 25.0 Å². The van der Waals surface area contributed by atoms with Crippen molar-refractivity contribution in [3.8, 4) is 0 Å². The summed E-state index contributed by atoms with van der Waals surface area (Å²) >= 11 is 0. The highest BCUT2D eigenvalue weighted by molar-refractivity contribution is 6.95. The van der Waals surface area contributed by atoms with Crippen molar-refractivity contribution in [2.24, 2.45) is 0 Å². The summed E-state index contributed by atoms with van der Waals surface area (Å²) in [5.74, 6) is 0. The Balaban J connectivity index is 5.80. The van der Waals surface area contributed by atoms with E-state index in [-0.39, 0.29) is 0 Å². The van der Waals surface area contributed by atoms with Crippen LogP contribution in [0, 0.1) is 0 Å². The van der Waals surface area contributed by atoms with Crippen LogP contribution in [0.4, 0.5) is 0 Å². The summed E-state index contributed by atoms with van der Waals surface area (Å²) in [6.45, 7) is 71.2. The van der Waals surface area contributed by atoms with Gasteiger partial charge in [0.25, 0.3) is 0 Å². The van der Waals surface area contributed by atoms with Gasteiger partial charge in [-0.05, 0) is 216 Å². The zero-order valence-corrected chi connectivity index (χ0v) is 64.1. The van der Waals surface area contributed by atoms with E-state index < -0.39 is 136 Å². The van der Waals surface area contributed by atoms with Crippen LogP contribution < -0.4 is 0 Å². The molecule has 65 heavy (non-hydrogen) atoms. The summed E-state index contributed by atoms with van der Waals surface area (Å²) in [7, 11) is -41.4. The van der Waals surface area contributed by atoms with Gasteiger partial charge >= 0.3 is 112 Å². The molecule has 0 unspecified atom stereocenters. The van der Waals surface area contributed by atoms with E-state index in [1.165, 1.54) is 0 Å². The molecule has 31 heteroatoms. The molecule has 0 aromatic heterocycles. The third-order valence-electron chi connectivity index (χ3n) is 7.37. The molecule has 0 aliphatic heterocycles. The molecule has 0 N–H and O–H groups in total. The fourth-order valence-corrected chi connectivity index (χ4v) is 87.7. The second kappa shape index (κ2) is 22.4. The summed E-state index contributed by atoms with van der Waals surface area (Å²) in [6, 6.07) is 0. The first kappa shape index (κ1) is 67.9. The molecule has 0 spiro atoms.